The van der Waals surface area contributed by atoms with Gasteiger partial charge in [-0.2, -0.15) is 5.10 Å². The molecule has 1 aliphatic heterocycles. The first kappa shape index (κ1) is 15.8. The summed E-state index contributed by atoms with van der Waals surface area (Å²) in [6.07, 6.45) is 1.89. The van der Waals surface area contributed by atoms with Gasteiger partial charge in [0.2, 0.25) is 0 Å². The van der Waals surface area contributed by atoms with E-state index in [-0.39, 0.29) is 5.69 Å². The number of anilines is 2. The number of benzene rings is 1. The summed E-state index contributed by atoms with van der Waals surface area (Å²) in [5.74, 6) is -0.408. The fourth-order valence-corrected chi connectivity index (χ4v) is 3.21. The number of morpholine rings is 1. The zero-order valence-corrected chi connectivity index (χ0v) is 14.3. The van der Waals surface area contributed by atoms with Crippen LogP contribution < -0.4 is 10.6 Å². The van der Waals surface area contributed by atoms with Crippen molar-refractivity contribution >= 4 is 17.0 Å². The highest BCUT2D eigenvalue weighted by molar-refractivity contribution is 5.77. The Morgan fingerprint density at radius 3 is 2.68 bits per heavy atom. The molecule has 130 valence electrons. The highest BCUT2D eigenvalue weighted by atomic mass is 19.1. The van der Waals surface area contributed by atoms with Gasteiger partial charge in [-0.3, -0.25) is 0 Å². The predicted octanol–water partition coefficient (Wildman–Crippen LogP) is 2.57. The normalized spacial score (nSPS) is 15.1. The number of fused-ring (bicyclic) bond motifs is 1. The van der Waals surface area contributed by atoms with Crippen molar-refractivity contribution < 1.29 is 9.13 Å². The average molecular weight is 341 g/mol. The molecule has 2 aromatic heterocycles. The van der Waals surface area contributed by atoms with E-state index in [0.717, 1.165) is 46.9 Å². The topological polar surface area (TPSA) is 68.7 Å². The van der Waals surface area contributed by atoms with Gasteiger partial charge in [-0.15, -0.1) is 0 Å². The first-order valence-corrected chi connectivity index (χ1v) is 8.28. The number of hydrogen-bond acceptors (Lipinski definition) is 5. The highest BCUT2D eigenvalue weighted by Gasteiger charge is 2.19. The molecule has 0 aliphatic carbocycles. The van der Waals surface area contributed by atoms with E-state index in [4.69, 9.17) is 10.5 Å². The van der Waals surface area contributed by atoms with Crippen LogP contribution in [-0.2, 0) is 4.74 Å². The molecule has 0 unspecified atom stereocenters. The molecule has 3 heterocycles. The third kappa shape index (κ3) is 2.80. The molecular weight excluding hydrogens is 321 g/mol. The van der Waals surface area contributed by atoms with Crippen molar-refractivity contribution in [2.75, 3.05) is 36.9 Å². The molecule has 0 amide bonds. The number of nitrogens with two attached hydrogens (primary N) is 1. The quantitative estimate of drug-likeness (QED) is 0.726. The van der Waals surface area contributed by atoms with Crippen molar-refractivity contribution in [3.63, 3.8) is 0 Å². The minimum absolute atomic E-state index is 0.122. The Bertz CT molecular complexity index is 946. The van der Waals surface area contributed by atoms with Gasteiger partial charge in [0.1, 0.15) is 5.82 Å². The summed E-state index contributed by atoms with van der Waals surface area (Å²) in [5.41, 5.74) is 11.0. The van der Waals surface area contributed by atoms with Crippen LogP contribution in [0.5, 0.6) is 0 Å². The lowest BCUT2D eigenvalue weighted by Gasteiger charge is -2.29. The zero-order chi connectivity index (χ0) is 17.6. The van der Waals surface area contributed by atoms with Crippen molar-refractivity contribution in [3.8, 4) is 11.3 Å². The van der Waals surface area contributed by atoms with Crippen LogP contribution in [0.1, 0.15) is 11.3 Å². The number of nitrogen functional groups attached to an aromatic ring is 1. The Hall–Kier alpha value is -2.67. The summed E-state index contributed by atoms with van der Waals surface area (Å²) in [6.45, 7) is 6.78. The maximum Gasteiger partial charge on any atom is 0.177 e. The molecule has 4 rings (SSSR count). The Labute approximate surface area is 145 Å². The molecule has 0 saturated carbocycles. The van der Waals surface area contributed by atoms with Gasteiger partial charge in [0, 0.05) is 18.7 Å². The van der Waals surface area contributed by atoms with Crippen LogP contribution in [0.15, 0.2) is 24.4 Å². The minimum Gasteiger partial charge on any atom is -0.396 e. The van der Waals surface area contributed by atoms with Crippen molar-refractivity contribution in [1.29, 1.82) is 0 Å². The predicted molar refractivity (Wildman–Crippen MR) is 95.3 cm³/mol. The molecule has 1 fully saturated rings. The fraction of sp³-hybridized carbons (Fsp3) is 0.333. The molecule has 1 saturated heterocycles. The minimum atomic E-state index is -0.408. The number of aromatic nitrogens is 3. The number of imidazole rings is 1. The maximum atomic E-state index is 13.7. The van der Waals surface area contributed by atoms with Crippen LogP contribution in [0.3, 0.4) is 0 Å². The van der Waals surface area contributed by atoms with Gasteiger partial charge in [0.15, 0.2) is 5.65 Å². The lowest BCUT2D eigenvalue weighted by molar-refractivity contribution is 0.123. The Morgan fingerprint density at radius 2 is 1.92 bits per heavy atom. The van der Waals surface area contributed by atoms with Gasteiger partial charge in [-0.25, -0.2) is 13.9 Å². The number of hydrogen-bond donors (Lipinski definition) is 1. The molecule has 1 aromatic carbocycles. The summed E-state index contributed by atoms with van der Waals surface area (Å²) in [6, 6.07) is 5.10. The van der Waals surface area contributed by atoms with Gasteiger partial charge < -0.3 is 15.4 Å². The van der Waals surface area contributed by atoms with Crippen LogP contribution in [0, 0.1) is 19.7 Å². The fourth-order valence-electron chi connectivity index (χ4n) is 3.21. The molecular formula is C18H20FN5O. The molecule has 3 aromatic rings. The van der Waals surface area contributed by atoms with Gasteiger partial charge in [0.05, 0.1) is 42.2 Å². The summed E-state index contributed by atoms with van der Waals surface area (Å²) in [5, 5.41) is 4.67. The molecule has 25 heavy (non-hydrogen) atoms. The monoisotopic (exact) mass is 341 g/mol. The second-order valence-corrected chi connectivity index (χ2v) is 6.35. The van der Waals surface area contributed by atoms with E-state index in [1.165, 1.54) is 6.07 Å². The van der Waals surface area contributed by atoms with Gasteiger partial charge >= 0.3 is 0 Å². The third-order valence-electron chi connectivity index (χ3n) is 4.50. The van der Waals surface area contributed by atoms with Crippen LogP contribution >= 0.6 is 0 Å². The van der Waals surface area contributed by atoms with Gasteiger partial charge in [0.25, 0.3) is 0 Å². The second kappa shape index (κ2) is 6.00. The van der Waals surface area contributed by atoms with E-state index in [1.807, 2.05) is 26.1 Å². The molecule has 0 radical (unpaired) electrons. The average Bonchev–Trinajstić information content (AvgIpc) is 2.98. The Kier molecular flexibility index (Phi) is 3.80. The SMILES string of the molecule is Cc1cn2nc(-c3cc(N)c(F)cc3C)cc(N3CCOCC3)c2n1. The van der Waals surface area contributed by atoms with Crippen LogP contribution in [0.2, 0.25) is 0 Å². The van der Waals surface area contributed by atoms with Crippen LogP contribution in [0.4, 0.5) is 15.8 Å². The first-order chi connectivity index (χ1) is 12.0. The maximum absolute atomic E-state index is 13.7. The molecule has 0 bridgehead atoms. The van der Waals surface area contributed by atoms with E-state index in [1.54, 1.807) is 10.6 Å². The number of aryl methyl sites for hydroxylation is 2. The molecule has 6 nitrogen and oxygen atoms in total. The van der Waals surface area contributed by atoms with E-state index >= 15 is 0 Å². The van der Waals surface area contributed by atoms with Crippen LogP contribution in [0.25, 0.3) is 16.9 Å². The van der Waals surface area contributed by atoms with Crippen molar-refractivity contribution in [2.24, 2.45) is 0 Å². The molecule has 0 spiro atoms. The number of nitrogens with zero attached hydrogens (tertiary/aromatic N) is 4. The molecule has 7 heteroatoms. The molecule has 1 aliphatic rings. The van der Waals surface area contributed by atoms with Crippen molar-refractivity contribution in [1.82, 2.24) is 14.6 Å². The number of rotatable bonds is 2. The molecule has 0 atom stereocenters. The Balaban J connectivity index is 1.92. The summed E-state index contributed by atoms with van der Waals surface area (Å²) in [7, 11) is 0. The first-order valence-electron chi connectivity index (χ1n) is 8.28. The number of halogens is 1. The largest absolute Gasteiger partial charge is 0.396 e. The van der Waals surface area contributed by atoms with Gasteiger partial charge in [-0.05, 0) is 37.6 Å². The van der Waals surface area contributed by atoms with Crippen molar-refractivity contribution in [2.45, 2.75) is 13.8 Å². The second-order valence-electron chi connectivity index (χ2n) is 6.35. The lowest BCUT2D eigenvalue weighted by atomic mass is 10.0. The van der Waals surface area contributed by atoms with E-state index < -0.39 is 5.82 Å². The van der Waals surface area contributed by atoms with E-state index in [9.17, 15) is 4.39 Å². The summed E-state index contributed by atoms with van der Waals surface area (Å²) in [4.78, 5) is 6.86. The highest BCUT2D eigenvalue weighted by Crippen LogP contribution is 2.31. The van der Waals surface area contributed by atoms with Crippen LogP contribution in [-0.4, -0.2) is 40.9 Å². The standard InChI is InChI=1S/C18H20FN5O/c1-11-7-14(19)15(20)8-13(11)16-9-17(23-3-5-25-6-4-23)18-21-12(2)10-24(18)22-16/h7-10H,3-6,20H2,1-2H3. The van der Waals surface area contributed by atoms with E-state index in [2.05, 4.69) is 15.0 Å². The summed E-state index contributed by atoms with van der Waals surface area (Å²) < 4.78 is 21.0. The Morgan fingerprint density at radius 1 is 1.16 bits per heavy atom. The third-order valence-corrected chi connectivity index (χ3v) is 4.50. The summed E-state index contributed by atoms with van der Waals surface area (Å²) >= 11 is 0. The zero-order valence-electron chi connectivity index (χ0n) is 14.3. The van der Waals surface area contributed by atoms with Crippen molar-refractivity contribution in [3.05, 3.63) is 41.5 Å². The van der Waals surface area contributed by atoms with Gasteiger partial charge in [-0.1, -0.05) is 0 Å². The smallest absolute Gasteiger partial charge is 0.177 e. The number of ether oxygens (including phenoxy) is 1. The molecule has 2 N–H and O–H groups in total. The van der Waals surface area contributed by atoms with E-state index in [0.29, 0.717) is 13.2 Å². The lowest BCUT2D eigenvalue weighted by Crippen LogP contribution is -2.36.